The first kappa shape index (κ1) is 12.9. The van der Waals surface area contributed by atoms with Crippen LogP contribution in [0.2, 0.25) is 0 Å². The van der Waals surface area contributed by atoms with E-state index >= 15 is 0 Å². The van der Waals surface area contributed by atoms with Gasteiger partial charge in [-0.05, 0) is 12.8 Å². The highest BCUT2D eigenvalue weighted by atomic mass is 16.5. The molecule has 92 valence electrons. The van der Waals surface area contributed by atoms with Crippen molar-refractivity contribution in [2.75, 3.05) is 20.2 Å². The average molecular weight is 230 g/mol. The quantitative estimate of drug-likeness (QED) is 0.672. The van der Waals surface area contributed by atoms with E-state index in [1.54, 1.807) is 0 Å². The number of carbonyl (C=O) groups excluding carboxylic acids is 1. The van der Waals surface area contributed by atoms with Gasteiger partial charge in [-0.3, -0.25) is 14.5 Å². The number of piperidine rings is 1. The number of nitrogens with zero attached hydrogens (tertiary/aromatic N) is 1. The molecule has 0 aromatic heterocycles. The Labute approximate surface area is 94.3 Å². The number of ether oxygens (including phenoxy) is 1. The second kappa shape index (κ2) is 5.81. The Hall–Kier alpha value is -1.14. The van der Waals surface area contributed by atoms with Gasteiger partial charge in [-0.25, -0.2) is 0 Å². The number of aliphatic carboxylic acids is 1. The molecular weight excluding hydrogens is 212 g/mol. The van der Waals surface area contributed by atoms with E-state index in [1.807, 2.05) is 4.90 Å². The molecule has 1 aliphatic rings. The summed E-state index contributed by atoms with van der Waals surface area (Å²) in [7, 11) is 1.50. The fraction of sp³-hybridized carbons (Fsp3) is 0.800. The summed E-state index contributed by atoms with van der Waals surface area (Å²) in [5, 5.41) is 8.93. The minimum atomic E-state index is -0.793. The van der Waals surface area contributed by atoms with Gasteiger partial charge >= 0.3 is 5.97 Å². The normalized spacial score (nSPS) is 23.9. The van der Waals surface area contributed by atoms with Gasteiger partial charge in [0, 0.05) is 20.2 Å². The van der Waals surface area contributed by atoms with E-state index in [1.165, 1.54) is 7.11 Å². The molecule has 1 fully saturated rings. The summed E-state index contributed by atoms with van der Waals surface area (Å²) < 4.78 is 5.16. The van der Waals surface area contributed by atoms with E-state index in [0.717, 1.165) is 13.0 Å². The van der Waals surface area contributed by atoms with Gasteiger partial charge in [-0.1, -0.05) is 0 Å². The van der Waals surface area contributed by atoms with E-state index in [9.17, 15) is 9.59 Å². The van der Waals surface area contributed by atoms with Crippen LogP contribution in [0.1, 0.15) is 19.3 Å². The van der Waals surface area contributed by atoms with Crippen molar-refractivity contribution in [3.63, 3.8) is 0 Å². The van der Waals surface area contributed by atoms with Crippen molar-refractivity contribution >= 4 is 11.9 Å². The predicted octanol–water partition coefficient (Wildman–Crippen LogP) is -0.369. The molecule has 1 rings (SSSR count). The third-order valence-corrected chi connectivity index (χ3v) is 2.86. The highest BCUT2D eigenvalue weighted by Gasteiger charge is 2.30. The monoisotopic (exact) mass is 230 g/mol. The maximum atomic E-state index is 10.9. The molecule has 2 unspecified atom stereocenters. The maximum absolute atomic E-state index is 10.9. The minimum absolute atomic E-state index is 0.100. The molecule has 0 saturated carbocycles. The predicted molar refractivity (Wildman–Crippen MR) is 56.5 cm³/mol. The summed E-state index contributed by atoms with van der Waals surface area (Å²) in [5.74, 6) is -1.61. The number of rotatable bonds is 5. The summed E-state index contributed by atoms with van der Waals surface area (Å²) in [6.07, 6.45) is 1.18. The zero-order chi connectivity index (χ0) is 12.1. The van der Waals surface area contributed by atoms with Gasteiger partial charge in [0.1, 0.15) is 6.23 Å². The van der Waals surface area contributed by atoms with Crippen LogP contribution in [0.25, 0.3) is 0 Å². The zero-order valence-electron chi connectivity index (χ0n) is 9.39. The molecule has 3 N–H and O–H groups in total. The molecule has 6 heteroatoms. The molecule has 0 aliphatic carbocycles. The Morgan fingerprint density at radius 2 is 2.31 bits per heavy atom. The number of nitrogens with two attached hydrogens (primary N) is 1. The molecule has 1 aliphatic heterocycles. The Bertz CT molecular complexity index is 270. The van der Waals surface area contributed by atoms with Crippen LogP contribution in [0.3, 0.4) is 0 Å². The zero-order valence-corrected chi connectivity index (χ0v) is 9.39. The van der Waals surface area contributed by atoms with Crippen molar-refractivity contribution in [2.24, 2.45) is 11.7 Å². The molecule has 1 heterocycles. The van der Waals surface area contributed by atoms with Crippen LogP contribution in [0, 0.1) is 5.92 Å². The summed E-state index contributed by atoms with van der Waals surface area (Å²) in [6.45, 7) is 1.16. The summed E-state index contributed by atoms with van der Waals surface area (Å²) >= 11 is 0. The van der Waals surface area contributed by atoms with E-state index < -0.39 is 18.1 Å². The van der Waals surface area contributed by atoms with Crippen LogP contribution >= 0.6 is 0 Å². The first-order valence-electron chi connectivity index (χ1n) is 5.32. The molecule has 16 heavy (non-hydrogen) atoms. The van der Waals surface area contributed by atoms with Crippen molar-refractivity contribution < 1.29 is 19.4 Å². The first-order valence-corrected chi connectivity index (χ1v) is 5.32. The largest absolute Gasteiger partial charge is 0.481 e. The fourth-order valence-corrected chi connectivity index (χ4v) is 2.00. The number of amides is 1. The Morgan fingerprint density at radius 3 is 2.81 bits per heavy atom. The maximum Gasteiger partial charge on any atom is 0.307 e. The highest BCUT2D eigenvalue weighted by Crippen LogP contribution is 2.20. The molecule has 0 bridgehead atoms. The number of likely N-dealkylation sites (tertiary alicyclic amines) is 1. The first-order chi connectivity index (χ1) is 7.54. The van der Waals surface area contributed by atoms with Gasteiger partial charge in [0.15, 0.2) is 0 Å². The molecule has 2 atom stereocenters. The summed E-state index contributed by atoms with van der Waals surface area (Å²) in [4.78, 5) is 23.6. The third-order valence-electron chi connectivity index (χ3n) is 2.86. The Kier molecular flexibility index (Phi) is 4.70. The van der Waals surface area contributed by atoms with Crippen LogP contribution in [-0.2, 0) is 14.3 Å². The second-order valence-corrected chi connectivity index (χ2v) is 4.03. The molecule has 0 aromatic rings. The van der Waals surface area contributed by atoms with Crippen molar-refractivity contribution in [1.82, 2.24) is 4.90 Å². The second-order valence-electron chi connectivity index (χ2n) is 4.03. The number of primary amides is 1. The number of carboxylic acids is 1. The Balaban J connectivity index is 2.56. The SMILES string of the molecule is COC(CC(N)=O)N1CCCC(C(=O)O)C1. The molecule has 1 amide bonds. The van der Waals surface area contributed by atoms with Gasteiger partial charge in [0.25, 0.3) is 0 Å². The van der Waals surface area contributed by atoms with Gasteiger partial charge in [-0.15, -0.1) is 0 Å². The molecular formula is C10H18N2O4. The van der Waals surface area contributed by atoms with Gasteiger partial charge < -0.3 is 15.6 Å². The third kappa shape index (κ3) is 3.46. The summed E-state index contributed by atoms with van der Waals surface area (Å²) in [6, 6.07) is 0. The van der Waals surface area contributed by atoms with E-state index in [2.05, 4.69) is 0 Å². The van der Waals surface area contributed by atoms with Crippen LogP contribution < -0.4 is 5.73 Å². The van der Waals surface area contributed by atoms with Crippen LogP contribution in [0.4, 0.5) is 0 Å². The van der Waals surface area contributed by atoms with Crippen LogP contribution in [-0.4, -0.2) is 48.3 Å². The van der Waals surface area contributed by atoms with Crippen molar-refractivity contribution in [2.45, 2.75) is 25.5 Å². The van der Waals surface area contributed by atoms with E-state index in [4.69, 9.17) is 15.6 Å². The molecule has 0 radical (unpaired) electrons. The van der Waals surface area contributed by atoms with Gasteiger partial charge in [-0.2, -0.15) is 0 Å². The van der Waals surface area contributed by atoms with Crippen molar-refractivity contribution in [3.05, 3.63) is 0 Å². The number of methoxy groups -OCH3 is 1. The van der Waals surface area contributed by atoms with Crippen molar-refractivity contribution in [1.29, 1.82) is 0 Å². The fourth-order valence-electron chi connectivity index (χ4n) is 2.00. The van der Waals surface area contributed by atoms with Crippen LogP contribution in [0.5, 0.6) is 0 Å². The topological polar surface area (TPSA) is 92.9 Å². The lowest BCUT2D eigenvalue weighted by Gasteiger charge is -2.35. The summed E-state index contributed by atoms with van der Waals surface area (Å²) in [5.41, 5.74) is 5.11. The molecule has 6 nitrogen and oxygen atoms in total. The standard InChI is InChI=1S/C10H18N2O4/c1-16-9(5-8(11)13)12-4-2-3-7(6-12)10(14)15/h7,9H,2-6H2,1H3,(H2,11,13)(H,14,15). The highest BCUT2D eigenvalue weighted by molar-refractivity contribution is 5.74. The lowest BCUT2D eigenvalue weighted by Crippen LogP contribution is -2.46. The number of hydrogen-bond donors (Lipinski definition) is 2. The Morgan fingerprint density at radius 1 is 1.62 bits per heavy atom. The number of hydrogen-bond acceptors (Lipinski definition) is 4. The van der Waals surface area contributed by atoms with Gasteiger partial charge in [0.2, 0.25) is 5.91 Å². The van der Waals surface area contributed by atoms with Crippen LogP contribution in [0.15, 0.2) is 0 Å². The van der Waals surface area contributed by atoms with E-state index in [0.29, 0.717) is 13.0 Å². The molecule has 0 aromatic carbocycles. The lowest BCUT2D eigenvalue weighted by atomic mass is 9.98. The smallest absolute Gasteiger partial charge is 0.307 e. The molecule has 0 spiro atoms. The molecule has 1 saturated heterocycles. The van der Waals surface area contributed by atoms with Crippen molar-refractivity contribution in [3.8, 4) is 0 Å². The number of carboxylic acid groups (broad SMARTS) is 1. The average Bonchev–Trinajstić information content (AvgIpc) is 2.25. The number of carbonyl (C=O) groups is 2. The lowest BCUT2D eigenvalue weighted by molar-refractivity contribution is -0.146. The minimum Gasteiger partial charge on any atom is -0.481 e. The van der Waals surface area contributed by atoms with E-state index in [-0.39, 0.29) is 12.3 Å². The van der Waals surface area contributed by atoms with Gasteiger partial charge in [0.05, 0.1) is 12.3 Å².